The van der Waals surface area contributed by atoms with Gasteiger partial charge in [0.2, 0.25) is 0 Å². The zero-order valence-corrected chi connectivity index (χ0v) is 11.5. The smallest absolute Gasteiger partial charge is 0.410 e. The molecule has 0 N–H and O–H groups in total. The molecule has 0 aromatic heterocycles. The molecule has 19 heavy (non-hydrogen) atoms. The Labute approximate surface area is 112 Å². The summed E-state index contributed by atoms with van der Waals surface area (Å²) in [4.78, 5) is 35.9. The van der Waals surface area contributed by atoms with Crippen LogP contribution in [0.2, 0.25) is 0 Å². The van der Waals surface area contributed by atoms with E-state index in [0.717, 1.165) is 0 Å². The minimum atomic E-state index is -0.789. The highest BCUT2D eigenvalue weighted by Crippen LogP contribution is 2.27. The van der Waals surface area contributed by atoms with Gasteiger partial charge in [0.25, 0.3) is 0 Å². The Bertz CT molecular complexity index is 374. The summed E-state index contributed by atoms with van der Waals surface area (Å²) in [5.74, 6) is -1.44. The second-order valence-electron chi connectivity index (χ2n) is 4.27. The van der Waals surface area contributed by atoms with Crippen molar-refractivity contribution in [3.05, 3.63) is 0 Å². The fraction of sp³-hybridized carbons (Fsp3) is 0.727. The predicted octanol–water partition coefficient (Wildman–Crippen LogP) is -0.719. The Morgan fingerprint density at radius 1 is 1.37 bits per heavy atom. The molecule has 0 saturated carbocycles. The fourth-order valence-corrected chi connectivity index (χ4v) is 2.19. The molecule has 7 nitrogen and oxygen atoms in total. The molecule has 1 saturated heterocycles. The van der Waals surface area contributed by atoms with E-state index in [-0.39, 0.29) is 13.0 Å². The number of methoxy groups -OCH3 is 1. The lowest BCUT2D eigenvalue weighted by atomic mass is 9.92. The van der Waals surface area contributed by atoms with E-state index in [0.29, 0.717) is 0 Å². The van der Waals surface area contributed by atoms with Crippen molar-refractivity contribution < 1.29 is 28.6 Å². The number of carbonyl (C=O) groups is 3. The maximum Gasteiger partial charge on any atom is 0.410 e. The summed E-state index contributed by atoms with van der Waals surface area (Å²) in [6, 6.07) is -0.789. The summed E-state index contributed by atoms with van der Waals surface area (Å²) in [5.41, 5.74) is 0. The van der Waals surface area contributed by atoms with Crippen molar-refractivity contribution in [1.29, 1.82) is 0 Å². The molecule has 8 heteroatoms. The van der Waals surface area contributed by atoms with Crippen LogP contribution in [0.4, 0.5) is 4.79 Å². The van der Waals surface area contributed by atoms with Gasteiger partial charge in [0.05, 0.1) is 13.7 Å². The standard InChI is InChI=1S/C11H18BNO6/c1-4-18-11(16)13-7(10(15)17-3)5-8(9(13)12)19-6(2)14/h7-9H,4-5,12H2,1-3H3/t7-,8+,9-/m0/s1. The number of carbonyl (C=O) groups excluding carboxylic acids is 3. The van der Waals surface area contributed by atoms with E-state index in [4.69, 9.17) is 9.47 Å². The molecule has 3 atom stereocenters. The van der Waals surface area contributed by atoms with Gasteiger partial charge in [-0.15, -0.1) is 0 Å². The Morgan fingerprint density at radius 2 is 2.00 bits per heavy atom. The lowest BCUT2D eigenvalue weighted by molar-refractivity contribution is -0.148. The number of ether oxygens (including phenoxy) is 3. The lowest BCUT2D eigenvalue weighted by Gasteiger charge is -2.26. The molecule has 1 aliphatic heterocycles. The van der Waals surface area contributed by atoms with Crippen LogP contribution in [-0.2, 0) is 23.8 Å². The van der Waals surface area contributed by atoms with Gasteiger partial charge < -0.3 is 14.2 Å². The topological polar surface area (TPSA) is 82.1 Å². The summed E-state index contributed by atoms with van der Waals surface area (Å²) in [6.07, 6.45) is -0.933. The van der Waals surface area contributed by atoms with Gasteiger partial charge in [-0.05, 0) is 6.92 Å². The Kier molecular flexibility index (Phi) is 5.20. The zero-order valence-electron chi connectivity index (χ0n) is 11.5. The minimum Gasteiger partial charge on any atom is -0.467 e. The molecule has 106 valence electrons. The molecule has 0 aromatic rings. The molecule has 0 aliphatic carbocycles. The first-order chi connectivity index (χ1) is 8.92. The van der Waals surface area contributed by atoms with Crippen molar-refractivity contribution in [1.82, 2.24) is 4.90 Å². The first-order valence-corrected chi connectivity index (χ1v) is 6.12. The van der Waals surface area contributed by atoms with Gasteiger partial charge in [0.15, 0.2) is 0 Å². The summed E-state index contributed by atoms with van der Waals surface area (Å²) in [6.45, 7) is 3.16. The van der Waals surface area contributed by atoms with E-state index >= 15 is 0 Å². The van der Waals surface area contributed by atoms with E-state index in [1.165, 1.54) is 18.9 Å². The number of hydrogen-bond acceptors (Lipinski definition) is 6. The van der Waals surface area contributed by atoms with Crippen molar-refractivity contribution >= 4 is 25.9 Å². The molecular weight excluding hydrogens is 253 g/mol. The highest BCUT2D eigenvalue weighted by Gasteiger charge is 2.47. The van der Waals surface area contributed by atoms with E-state index in [2.05, 4.69) is 4.74 Å². The van der Waals surface area contributed by atoms with Crippen molar-refractivity contribution in [3.8, 4) is 0 Å². The van der Waals surface area contributed by atoms with E-state index in [1.54, 1.807) is 14.8 Å². The third kappa shape index (κ3) is 3.39. The largest absolute Gasteiger partial charge is 0.467 e. The van der Waals surface area contributed by atoms with Gasteiger partial charge in [-0.3, -0.25) is 9.69 Å². The number of rotatable bonds is 3. The predicted molar refractivity (Wildman–Crippen MR) is 67.2 cm³/mol. The third-order valence-electron chi connectivity index (χ3n) is 3.04. The highest BCUT2D eigenvalue weighted by molar-refractivity contribution is 6.14. The van der Waals surface area contributed by atoms with Gasteiger partial charge in [-0.25, -0.2) is 9.59 Å². The summed E-state index contributed by atoms with van der Waals surface area (Å²) < 4.78 is 14.7. The summed E-state index contributed by atoms with van der Waals surface area (Å²) in [5, 5.41) is 0. The molecule has 1 rings (SSSR count). The van der Waals surface area contributed by atoms with Gasteiger partial charge in [0, 0.05) is 19.3 Å². The normalized spacial score (nSPS) is 25.8. The molecule has 0 spiro atoms. The number of nitrogens with zero attached hydrogens (tertiary/aromatic N) is 1. The first-order valence-electron chi connectivity index (χ1n) is 6.12. The molecular formula is C11H18BNO6. The average molecular weight is 271 g/mol. The third-order valence-corrected chi connectivity index (χ3v) is 3.04. The molecule has 1 aliphatic rings. The quantitative estimate of drug-likeness (QED) is 0.383. The van der Waals surface area contributed by atoms with Crippen LogP contribution >= 0.6 is 0 Å². The van der Waals surface area contributed by atoms with Crippen LogP contribution in [0.5, 0.6) is 0 Å². The summed E-state index contributed by atoms with van der Waals surface area (Å²) in [7, 11) is 2.95. The van der Waals surface area contributed by atoms with Crippen molar-refractivity contribution in [3.63, 3.8) is 0 Å². The maximum atomic E-state index is 11.9. The molecule has 0 radical (unpaired) electrons. The number of likely N-dealkylation sites (tertiary alicyclic amines) is 1. The lowest BCUT2D eigenvalue weighted by Crippen LogP contribution is -2.47. The minimum absolute atomic E-state index is 0.203. The average Bonchev–Trinajstić information content (AvgIpc) is 2.65. The van der Waals surface area contributed by atoms with Gasteiger partial charge in [0.1, 0.15) is 20.0 Å². The van der Waals surface area contributed by atoms with Gasteiger partial charge in [-0.2, -0.15) is 0 Å². The van der Waals surface area contributed by atoms with Crippen molar-refractivity contribution in [2.24, 2.45) is 0 Å². The van der Waals surface area contributed by atoms with Crippen LogP contribution in [0.1, 0.15) is 20.3 Å². The Balaban J connectivity index is 2.90. The Hall–Kier alpha value is -1.73. The highest BCUT2D eigenvalue weighted by atomic mass is 16.6. The fourth-order valence-electron chi connectivity index (χ4n) is 2.19. The summed E-state index contributed by atoms with van der Waals surface area (Å²) >= 11 is 0. The molecule has 1 heterocycles. The first kappa shape index (κ1) is 15.3. The number of hydrogen-bond donors (Lipinski definition) is 0. The van der Waals surface area contributed by atoms with Crippen LogP contribution in [0.15, 0.2) is 0 Å². The molecule has 1 amide bonds. The van der Waals surface area contributed by atoms with E-state index in [1.807, 2.05) is 0 Å². The molecule has 1 fully saturated rings. The second-order valence-corrected chi connectivity index (χ2v) is 4.27. The monoisotopic (exact) mass is 271 g/mol. The van der Waals surface area contributed by atoms with Crippen LogP contribution in [0.25, 0.3) is 0 Å². The van der Waals surface area contributed by atoms with Crippen LogP contribution in [0, 0.1) is 0 Å². The maximum absolute atomic E-state index is 11.9. The second kappa shape index (κ2) is 6.44. The SMILES string of the molecule is B[C@@H]1[C@H](OC(C)=O)C[C@@H](C(=O)OC)N1C(=O)OCC. The number of amides is 1. The number of esters is 2. The molecule has 0 aromatic carbocycles. The van der Waals surface area contributed by atoms with Crippen molar-refractivity contribution in [2.75, 3.05) is 13.7 Å². The zero-order chi connectivity index (χ0) is 14.6. The van der Waals surface area contributed by atoms with Gasteiger partial charge in [-0.1, -0.05) is 0 Å². The van der Waals surface area contributed by atoms with E-state index in [9.17, 15) is 14.4 Å². The van der Waals surface area contributed by atoms with Gasteiger partial charge >= 0.3 is 18.0 Å². The molecule has 0 bridgehead atoms. The van der Waals surface area contributed by atoms with Crippen LogP contribution < -0.4 is 0 Å². The Morgan fingerprint density at radius 3 is 2.47 bits per heavy atom. The van der Waals surface area contributed by atoms with Crippen molar-refractivity contribution in [2.45, 2.75) is 38.4 Å². The van der Waals surface area contributed by atoms with Crippen LogP contribution in [-0.4, -0.2) is 62.6 Å². The van der Waals surface area contributed by atoms with E-state index < -0.39 is 36.1 Å². The molecule has 0 unspecified atom stereocenters. The van der Waals surface area contributed by atoms with Crippen LogP contribution in [0.3, 0.4) is 0 Å².